The first-order valence-electron chi connectivity index (χ1n) is 5.29. The molecule has 0 aliphatic heterocycles. The van der Waals surface area contributed by atoms with Gasteiger partial charge in [0.1, 0.15) is 5.76 Å². The van der Waals surface area contributed by atoms with E-state index in [4.69, 9.17) is 14.6 Å². The molecule has 17 heavy (non-hydrogen) atoms. The van der Waals surface area contributed by atoms with E-state index in [1.807, 2.05) is 0 Å². The summed E-state index contributed by atoms with van der Waals surface area (Å²) in [5.41, 5.74) is 1.05. The molecule has 0 spiro atoms. The zero-order valence-corrected chi connectivity index (χ0v) is 10.5. The van der Waals surface area contributed by atoms with Gasteiger partial charge in [-0.15, -0.1) is 0 Å². The van der Waals surface area contributed by atoms with Crippen LogP contribution in [0.4, 0.5) is 0 Å². The molecule has 0 aliphatic rings. The van der Waals surface area contributed by atoms with Crippen LogP contribution in [0.25, 0.3) is 0 Å². The monoisotopic (exact) mass is 240 g/mol. The number of aliphatic hydroxyl groups excluding tert-OH is 1. The first-order valence-corrected chi connectivity index (χ1v) is 5.29. The molecular formula is C13H20O4. The Morgan fingerprint density at radius 2 is 1.65 bits per heavy atom. The molecule has 0 saturated carbocycles. The van der Waals surface area contributed by atoms with Crippen LogP contribution < -0.4 is 0 Å². The van der Waals surface area contributed by atoms with Gasteiger partial charge in [0.2, 0.25) is 0 Å². The minimum Gasteiger partial charge on any atom is -0.493 e. The third-order valence-electron chi connectivity index (χ3n) is 2.03. The summed E-state index contributed by atoms with van der Waals surface area (Å²) in [6.07, 6.45) is 0. The maximum absolute atomic E-state index is 11.1. The molecule has 0 aliphatic carbocycles. The van der Waals surface area contributed by atoms with Gasteiger partial charge in [0, 0.05) is 5.57 Å². The van der Waals surface area contributed by atoms with E-state index in [0.717, 1.165) is 5.57 Å². The lowest BCUT2D eigenvalue weighted by Crippen LogP contribution is -2.22. The van der Waals surface area contributed by atoms with Crippen LogP contribution in [0.15, 0.2) is 36.6 Å². The Bertz CT molecular complexity index is 287. The van der Waals surface area contributed by atoms with Crippen LogP contribution >= 0.6 is 0 Å². The number of aliphatic hydroxyl groups is 1. The molecule has 1 unspecified atom stereocenters. The van der Waals surface area contributed by atoms with Gasteiger partial charge in [-0.05, 0) is 19.4 Å². The summed E-state index contributed by atoms with van der Waals surface area (Å²) in [6, 6.07) is 0. The minimum absolute atomic E-state index is 0.0890. The van der Waals surface area contributed by atoms with Crippen LogP contribution in [0.5, 0.6) is 0 Å². The van der Waals surface area contributed by atoms with E-state index in [-0.39, 0.29) is 25.7 Å². The largest absolute Gasteiger partial charge is 0.493 e. The van der Waals surface area contributed by atoms with Crippen LogP contribution in [0.2, 0.25) is 0 Å². The van der Waals surface area contributed by atoms with E-state index in [9.17, 15) is 4.79 Å². The Morgan fingerprint density at radius 1 is 1.12 bits per heavy atom. The summed E-state index contributed by atoms with van der Waals surface area (Å²) in [7, 11) is 0. The van der Waals surface area contributed by atoms with Crippen LogP contribution in [0.1, 0.15) is 13.8 Å². The number of rotatable bonds is 8. The zero-order valence-electron chi connectivity index (χ0n) is 10.5. The standard InChI is InChI=1S/C13H20O4/c1-9(2)11(5)16-7-12(6-14)8-17-13(15)10(3)4/h12,14H,1,3,5-8H2,2,4H3. The Morgan fingerprint density at radius 3 is 2.06 bits per heavy atom. The van der Waals surface area contributed by atoms with Crippen molar-refractivity contribution in [2.45, 2.75) is 13.8 Å². The Kier molecular flexibility index (Phi) is 6.98. The van der Waals surface area contributed by atoms with E-state index in [1.165, 1.54) is 0 Å². The van der Waals surface area contributed by atoms with Crippen molar-refractivity contribution >= 4 is 5.97 Å². The average molecular weight is 240 g/mol. The second kappa shape index (κ2) is 7.68. The van der Waals surface area contributed by atoms with Crippen molar-refractivity contribution in [1.82, 2.24) is 0 Å². The lowest BCUT2D eigenvalue weighted by Gasteiger charge is -2.16. The van der Waals surface area contributed by atoms with E-state index in [0.29, 0.717) is 11.3 Å². The van der Waals surface area contributed by atoms with Crippen molar-refractivity contribution in [3.05, 3.63) is 36.6 Å². The predicted molar refractivity (Wildman–Crippen MR) is 66.3 cm³/mol. The molecule has 0 rings (SSSR count). The molecule has 4 heteroatoms. The van der Waals surface area contributed by atoms with Crippen molar-refractivity contribution in [3.63, 3.8) is 0 Å². The van der Waals surface area contributed by atoms with Crippen molar-refractivity contribution in [2.75, 3.05) is 19.8 Å². The first-order chi connectivity index (χ1) is 7.88. The van der Waals surface area contributed by atoms with Gasteiger partial charge < -0.3 is 14.6 Å². The number of hydrogen-bond acceptors (Lipinski definition) is 4. The van der Waals surface area contributed by atoms with E-state index in [1.54, 1.807) is 13.8 Å². The van der Waals surface area contributed by atoms with E-state index >= 15 is 0 Å². The van der Waals surface area contributed by atoms with E-state index in [2.05, 4.69) is 19.7 Å². The summed E-state index contributed by atoms with van der Waals surface area (Å²) in [5, 5.41) is 9.08. The molecule has 0 aromatic carbocycles. The molecule has 0 heterocycles. The minimum atomic E-state index is -0.470. The van der Waals surface area contributed by atoms with Crippen LogP contribution in [0.3, 0.4) is 0 Å². The maximum atomic E-state index is 11.1. The average Bonchev–Trinajstić information content (AvgIpc) is 2.28. The van der Waals surface area contributed by atoms with Crippen LogP contribution in [0, 0.1) is 5.92 Å². The van der Waals surface area contributed by atoms with Gasteiger partial charge in [-0.1, -0.05) is 19.7 Å². The number of carbonyl (C=O) groups excluding carboxylic acids is 1. The molecule has 1 atom stereocenters. The fraction of sp³-hybridized carbons (Fsp3) is 0.462. The Hall–Kier alpha value is -1.55. The highest BCUT2D eigenvalue weighted by atomic mass is 16.5. The lowest BCUT2D eigenvalue weighted by molar-refractivity contribution is -0.141. The van der Waals surface area contributed by atoms with Gasteiger partial charge in [0.25, 0.3) is 0 Å². The lowest BCUT2D eigenvalue weighted by atomic mass is 10.2. The maximum Gasteiger partial charge on any atom is 0.333 e. The summed E-state index contributed by atoms with van der Waals surface area (Å²) in [4.78, 5) is 11.1. The van der Waals surface area contributed by atoms with Crippen molar-refractivity contribution in [2.24, 2.45) is 5.92 Å². The number of carbonyl (C=O) groups is 1. The van der Waals surface area contributed by atoms with Gasteiger partial charge in [0.15, 0.2) is 0 Å². The highest BCUT2D eigenvalue weighted by Gasteiger charge is 2.13. The molecule has 0 fully saturated rings. The quantitative estimate of drug-likeness (QED) is 0.304. The molecule has 4 nitrogen and oxygen atoms in total. The third-order valence-corrected chi connectivity index (χ3v) is 2.03. The summed E-state index contributed by atoms with van der Waals surface area (Å²) < 4.78 is 10.2. The van der Waals surface area contributed by atoms with Gasteiger partial charge in [-0.3, -0.25) is 0 Å². The molecule has 0 saturated heterocycles. The molecule has 0 aromatic rings. The molecule has 0 amide bonds. The molecule has 1 N–H and O–H groups in total. The smallest absolute Gasteiger partial charge is 0.333 e. The van der Waals surface area contributed by atoms with Gasteiger partial charge in [-0.25, -0.2) is 4.79 Å². The first kappa shape index (κ1) is 15.4. The van der Waals surface area contributed by atoms with Crippen LogP contribution in [-0.4, -0.2) is 30.9 Å². The highest BCUT2D eigenvalue weighted by molar-refractivity contribution is 5.86. The summed E-state index contributed by atoms with van der Waals surface area (Å²) in [5.74, 6) is -0.286. The third kappa shape index (κ3) is 6.58. The predicted octanol–water partition coefficient (Wildman–Crippen LogP) is 1.82. The zero-order chi connectivity index (χ0) is 13.4. The molecular weight excluding hydrogens is 220 g/mol. The topological polar surface area (TPSA) is 55.8 Å². The molecule has 0 radical (unpaired) electrons. The van der Waals surface area contributed by atoms with Gasteiger partial charge in [0.05, 0.1) is 25.7 Å². The molecule has 0 aromatic heterocycles. The highest BCUT2D eigenvalue weighted by Crippen LogP contribution is 2.08. The summed E-state index contributed by atoms with van der Waals surface area (Å²) >= 11 is 0. The van der Waals surface area contributed by atoms with Crippen molar-refractivity contribution < 1.29 is 19.4 Å². The van der Waals surface area contributed by atoms with Crippen molar-refractivity contribution in [3.8, 4) is 0 Å². The Balaban J connectivity index is 4.00. The second-order valence-electron chi connectivity index (χ2n) is 3.94. The second-order valence-corrected chi connectivity index (χ2v) is 3.94. The number of ether oxygens (including phenoxy) is 2. The Labute approximate surface area is 102 Å². The number of esters is 1. The van der Waals surface area contributed by atoms with Gasteiger partial charge >= 0.3 is 5.97 Å². The number of allylic oxidation sites excluding steroid dienone is 1. The van der Waals surface area contributed by atoms with E-state index < -0.39 is 5.97 Å². The normalized spacial score (nSPS) is 11.5. The SMILES string of the molecule is C=C(C)C(=C)OCC(CO)COC(=O)C(=C)C. The fourth-order valence-electron chi connectivity index (χ4n) is 0.812. The van der Waals surface area contributed by atoms with Gasteiger partial charge in [-0.2, -0.15) is 0 Å². The summed E-state index contributed by atoms with van der Waals surface area (Å²) in [6.45, 7) is 14.3. The van der Waals surface area contributed by atoms with Crippen LogP contribution in [-0.2, 0) is 14.3 Å². The number of hydrogen-bond donors (Lipinski definition) is 1. The van der Waals surface area contributed by atoms with Crippen molar-refractivity contribution in [1.29, 1.82) is 0 Å². The molecule has 0 bridgehead atoms. The fourth-order valence-corrected chi connectivity index (χ4v) is 0.812. The molecule has 96 valence electrons.